The van der Waals surface area contributed by atoms with Crippen molar-refractivity contribution in [3.63, 3.8) is 0 Å². The zero-order valence-electron chi connectivity index (χ0n) is 6.92. The van der Waals surface area contributed by atoms with Gasteiger partial charge in [-0.2, -0.15) is 21.6 Å². The molecule has 1 heterocycles. The molecule has 14 heavy (non-hydrogen) atoms. The Labute approximate surface area is 78.3 Å². The highest BCUT2D eigenvalue weighted by Gasteiger charge is 2.46. The lowest BCUT2D eigenvalue weighted by molar-refractivity contribution is -0.229. The minimum Gasteiger partial charge on any atom is -0.369 e. The lowest BCUT2D eigenvalue weighted by Gasteiger charge is -2.28. The van der Waals surface area contributed by atoms with Gasteiger partial charge in [-0.15, -0.1) is 3.89 Å². The van der Waals surface area contributed by atoms with Gasteiger partial charge in [-0.3, -0.25) is 0 Å². The fraction of sp³-hybridized carbons (Fsp3) is 1.00. The van der Waals surface area contributed by atoms with E-state index < -0.39 is 40.8 Å². The quantitative estimate of drug-likeness (QED) is 0.510. The van der Waals surface area contributed by atoms with Gasteiger partial charge >= 0.3 is 16.4 Å². The van der Waals surface area contributed by atoms with Crippen molar-refractivity contribution >= 4 is 10.2 Å². The van der Waals surface area contributed by atoms with Crippen molar-refractivity contribution in [3.8, 4) is 0 Å². The minimum atomic E-state index is -4.90. The smallest absolute Gasteiger partial charge is 0.369 e. The Morgan fingerprint density at radius 2 is 1.86 bits per heavy atom. The lowest BCUT2D eigenvalue weighted by Crippen LogP contribution is -2.41. The van der Waals surface area contributed by atoms with Crippen LogP contribution in [0.5, 0.6) is 0 Å². The van der Waals surface area contributed by atoms with Gasteiger partial charge in [0.15, 0.2) is 6.10 Å². The second-order valence-corrected chi connectivity index (χ2v) is 4.64. The van der Waals surface area contributed by atoms with Crippen LogP contribution in [-0.4, -0.2) is 32.6 Å². The van der Waals surface area contributed by atoms with Crippen LogP contribution in [-0.2, 0) is 15.0 Å². The van der Waals surface area contributed by atoms with Crippen molar-refractivity contribution < 1.29 is 30.2 Å². The van der Waals surface area contributed by atoms with Crippen LogP contribution in [0.1, 0.15) is 12.8 Å². The van der Waals surface area contributed by atoms with Crippen LogP contribution in [0.15, 0.2) is 0 Å². The van der Waals surface area contributed by atoms with Gasteiger partial charge in [-0.05, 0) is 6.42 Å². The molecule has 0 aliphatic carbocycles. The molecule has 0 aromatic rings. The summed E-state index contributed by atoms with van der Waals surface area (Å²) in [5.74, 6) is 0. The zero-order valence-corrected chi connectivity index (χ0v) is 7.74. The summed E-state index contributed by atoms with van der Waals surface area (Å²) < 4.78 is 73.6. The van der Waals surface area contributed by atoms with E-state index in [1.54, 1.807) is 0 Å². The minimum absolute atomic E-state index is 0.231. The number of ether oxygens (including phenoxy) is 1. The van der Waals surface area contributed by atoms with Crippen molar-refractivity contribution in [1.82, 2.24) is 0 Å². The topological polar surface area (TPSA) is 43.4 Å². The monoisotopic (exact) mass is 236 g/mol. The van der Waals surface area contributed by atoms with Crippen LogP contribution in [0, 0.1) is 0 Å². The maximum Gasteiger partial charge on any atom is 0.414 e. The van der Waals surface area contributed by atoms with Crippen LogP contribution in [0.2, 0.25) is 0 Å². The molecule has 0 aromatic carbocycles. The van der Waals surface area contributed by atoms with E-state index in [1.807, 2.05) is 0 Å². The van der Waals surface area contributed by atoms with Gasteiger partial charge in [-0.25, -0.2) is 0 Å². The van der Waals surface area contributed by atoms with Gasteiger partial charge in [0.25, 0.3) is 0 Å². The van der Waals surface area contributed by atoms with Gasteiger partial charge in [0.05, 0.1) is 5.25 Å². The molecule has 0 spiro atoms. The van der Waals surface area contributed by atoms with Gasteiger partial charge in [0.1, 0.15) is 0 Å². The molecular weight excluding hydrogens is 228 g/mol. The second-order valence-electron chi connectivity index (χ2n) is 3.02. The van der Waals surface area contributed by atoms with Gasteiger partial charge in [0.2, 0.25) is 0 Å². The number of halogens is 4. The Kier molecular flexibility index (Phi) is 3.05. The van der Waals surface area contributed by atoms with E-state index >= 15 is 0 Å². The first-order valence-electron chi connectivity index (χ1n) is 3.83. The fourth-order valence-electron chi connectivity index (χ4n) is 1.25. The average Bonchev–Trinajstić information content (AvgIpc) is 2.01. The molecule has 1 fully saturated rings. The molecule has 2 atom stereocenters. The standard InChI is InChI=1S/C6H8F4O3S/c7-6(8,9)5-3-4(1-2-13-5)14(10,11)12/h4-5H,1-3H2. The highest BCUT2D eigenvalue weighted by atomic mass is 32.3. The molecule has 8 heteroatoms. The Balaban J connectivity index is 2.71. The molecule has 84 valence electrons. The van der Waals surface area contributed by atoms with Gasteiger partial charge in [0, 0.05) is 13.0 Å². The lowest BCUT2D eigenvalue weighted by atomic mass is 10.1. The summed E-state index contributed by atoms with van der Waals surface area (Å²) in [5.41, 5.74) is 0. The van der Waals surface area contributed by atoms with Crippen LogP contribution < -0.4 is 0 Å². The van der Waals surface area contributed by atoms with E-state index in [0.717, 1.165) is 0 Å². The summed E-state index contributed by atoms with van der Waals surface area (Å²) in [4.78, 5) is 0. The van der Waals surface area contributed by atoms with E-state index in [0.29, 0.717) is 0 Å². The zero-order chi connectivity index (χ0) is 11.0. The molecule has 3 nitrogen and oxygen atoms in total. The first kappa shape index (κ1) is 11.7. The van der Waals surface area contributed by atoms with Crippen LogP contribution in [0.25, 0.3) is 0 Å². The molecule has 0 amide bonds. The summed E-state index contributed by atoms with van der Waals surface area (Å²) in [7, 11) is -4.90. The summed E-state index contributed by atoms with van der Waals surface area (Å²) in [6, 6.07) is 0. The summed E-state index contributed by atoms with van der Waals surface area (Å²) in [6.07, 6.45) is -7.90. The molecule has 0 radical (unpaired) electrons. The van der Waals surface area contributed by atoms with E-state index in [2.05, 4.69) is 4.74 Å². The molecule has 1 rings (SSSR count). The Morgan fingerprint density at radius 1 is 1.29 bits per heavy atom. The van der Waals surface area contributed by atoms with Crippen molar-refractivity contribution in [2.75, 3.05) is 6.61 Å². The molecule has 1 saturated heterocycles. The maximum absolute atomic E-state index is 12.4. The van der Waals surface area contributed by atoms with Gasteiger partial charge < -0.3 is 4.74 Å². The predicted octanol–water partition coefficient (Wildman–Crippen LogP) is 1.40. The third-order valence-corrected chi connectivity index (χ3v) is 3.22. The highest BCUT2D eigenvalue weighted by molar-refractivity contribution is 7.87. The maximum atomic E-state index is 12.4. The first-order chi connectivity index (χ1) is 6.21. The number of hydrogen-bond donors (Lipinski definition) is 0. The largest absolute Gasteiger partial charge is 0.414 e. The van der Waals surface area contributed by atoms with Crippen LogP contribution in [0.4, 0.5) is 17.1 Å². The van der Waals surface area contributed by atoms with Crippen molar-refractivity contribution in [1.29, 1.82) is 0 Å². The third kappa shape index (κ3) is 2.81. The molecule has 0 aromatic heterocycles. The second kappa shape index (κ2) is 3.65. The molecule has 0 saturated carbocycles. The van der Waals surface area contributed by atoms with E-state index in [1.165, 1.54) is 0 Å². The van der Waals surface area contributed by atoms with Crippen molar-refractivity contribution in [2.24, 2.45) is 0 Å². The summed E-state index contributed by atoms with van der Waals surface area (Å²) >= 11 is 0. The summed E-state index contributed by atoms with van der Waals surface area (Å²) in [5, 5.41) is -1.59. The first-order valence-corrected chi connectivity index (χ1v) is 5.27. The summed E-state index contributed by atoms with van der Waals surface area (Å²) in [6.45, 7) is -0.391. The normalized spacial score (nSPS) is 30.3. The van der Waals surface area contributed by atoms with E-state index in [9.17, 15) is 25.5 Å². The SMILES string of the molecule is O=S(=O)(F)C1CCOC(C(F)(F)F)C1. The Hall–Kier alpha value is -0.370. The van der Waals surface area contributed by atoms with Crippen molar-refractivity contribution in [3.05, 3.63) is 0 Å². The highest BCUT2D eigenvalue weighted by Crippen LogP contribution is 2.32. The Morgan fingerprint density at radius 3 is 2.29 bits per heavy atom. The molecule has 0 bridgehead atoms. The van der Waals surface area contributed by atoms with E-state index in [4.69, 9.17) is 0 Å². The predicted molar refractivity (Wildman–Crippen MR) is 38.8 cm³/mol. The third-order valence-electron chi connectivity index (χ3n) is 2.00. The van der Waals surface area contributed by atoms with Crippen LogP contribution >= 0.6 is 0 Å². The number of rotatable bonds is 1. The Bertz CT molecular complexity index is 297. The molecule has 0 N–H and O–H groups in total. The molecule has 1 aliphatic rings. The fourth-order valence-corrected chi connectivity index (χ4v) is 2.03. The van der Waals surface area contributed by atoms with E-state index in [-0.39, 0.29) is 6.42 Å². The average molecular weight is 236 g/mol. The van der Waals surface area contributed by atoms with Gasteiger partial charge in [-0.1, -0.05) is 0 Å². The van der Waals surface area contributed by atoms with Crippen LogP contribution in [0.3, 0.4) is 0 Å². The van der Waals surface area contributed by atoms with Crippen molar-refractivity contribution in [2.45, 2.75) is 30.4 Å². The molecule has 1 aliphatic heterocycles. The number of alkyl halides is 3. The molecular formula is C6H8F4O3S. The molecule has 2 unspecified atom stereocenters. The number of hydrogen-bond acceptors (Lipinski definition) is 3.